The van der Waals surface area contributed by atoms with Crippen molar-refractivity contribution in [3.63, 3.8) is 0 Å². The number of hydrogen-bond acceptors (Lipinski definition) is 7. The van der Waals surface area contributed by atoms with Gasteiger partial charge in [0.2, 0.25) is 0 Å². The second-order valence-corrected chi connectivity index (χ2v) is 26.3. The molecule has 1 N–H and O–H groups in total. The second kappa shape index (κ2) is 66.1. The van der Waals surface area contributed by atoms with E-state index < -0.39 is 26.5 Å². The monoisotopic (exact) mass is 1220 g/mol. The average Bonchev–Trinajstić information content (AvgIpc) is 3.56. The van der Waals surface area contributed by atoms with Gasteiger partial charge in [-0.15, -0.1) is 0 Å². The van der Waals surface area contributed by atoms with Crippen molar-refractivity contribution >= 4 is 19.8 Å². The molecule has 0 aliphatic carbocycles. The number of unbranched alkanes of at least 4 members (excludes halogenated alkanes) is 33. The van der Waals surface area contributed by atoms with Gasteiger partial charge in [0, 0.05) is 12.8 Å². The number of carbonyl (C=O) groups excluding carboxylic acids is 2. The molecule has 0 aliphatic heterocycles. The third-order valence-corrected chi connectivity index (χ3v) is 16.3. The van der Waals surface area contributed by atoms with Crippen LogP contribution in [0, 0.1) is 0 Å². The summed E-state index contributed by atoms with van der Waals surface area (Å²) in [4.78, 5) is 35.9. The maximum Gasteiger partial charge on any atom is 0.472 e. The molecule has 86 heavy (non-hydrogen) atoms. The van der Waals surface area contributed by atoms with Crippen LogP contribution in [0.4, 0.5) is 0 Å². The number of nitrogens with zero attached hydrogens (tertiary/aromatic N) is 1. The number of rotatable bonds is 65. The van der Waals surface area contributed by atoms with Crippen molar-refractivity contribution in [2.24, 2.45) is 0 Å². The van der Waals surface area contributed by atoms with Gasteiger partial charge in [0.15, 0.2) is 6.10 Å². The fraction of sp³-hybridized carbons (Fsp3) is 0.737. The Bertz CT molecular complexity index is 1820. The Balaban J connectivity index is 4.05. The number of quaternary nitrogens is 1. The molecule has 0 saturated carbocycles. The number of ether oxygens (including phenoxy) is 2. The first-order chi connectivity index (χ1) is 42.0. The fourth-order valence-electron chi connectivity index (χ4n) is 9.85. The van der Waals surface area contributed by atoms with Gasteiger partial charge in [-0.2, -0.15) is 0 Å². The van der Waals surface area contributed by atoms with Gasteiger partial charge < -0.3 is 18.9 Å². The first-order valence-electron chi connectivity index (χ1n) is 35.6. The van der Waals surface area contributed by atoms with Crippen LogP contribution in [0.2, 0.25) is 0 Å². The maximum atomic E-state index is 12.9. The third kappa shape index (κ3) is 69.8. The van der Waals surface area contributed by atoms with E-state index in [-0.39, 0.29) is 32.0 Å². The first-order valence-corrected chi connectivity index (χ1v) is 37.1. The summed E-state index contributed by atoms with van der Waals surface area (Å²) in [5, 5.41) is 0. The molecule has 0 rings (SSSR count). The van der Waals surface area contributed by atoms with E-state index in [1.54, 1.807) is 0 Å². The molecule has 0 aromatic heterocycles. The molecule has 496 valence electrons. The smallest absolute Gasteiger partial charge is 0.462 e. The standard InChI is InChI=1S/C76H134NO8P/c1-6-8-10-12-14-16-18-20-22-24-26-28-30-32-34-35-36-37-38-39-40-41-43-45-47-49-51-53-55-57-59-61-63-65-67-69-76(79)85-74(73-84-86(80,81)83-71-70-77(3,4)5)72-82-75(78)68-66-64-62-60-58-56-54-52-50-48-46-44-42-33-31-29-27-25-23-21-19-17-15-13-11-9-7-2/h8,10,14,16,19-22,25-28,32,34,36-37,39-40,74H,6-7,9,11-13,15,17-18,23-24,29-31,33,35,38,41-73H2,1-5H3/p+1/b10-8-,16-14-,21-19-,22-20-,27-25-,28-26-,34-32-,37-36-,40-39-. The summed E-state index contributed by atoms with van der Waals surface area (Å²) in [5.74, 6) is -0.792. The van der Waals surface area contributed by atoms with Crippen LogP contribution in [0.1, 0.15) is 309 Å². The number of phosphoric ester groups is 1. The van der Waals surface area contributed by atoms with Crippen molar-refractivity contribution < 1.29 is 42.1 Å². The minimum atomic E-state index is -4.40. The molecule has 2 unspecified atom stereocenters. The first kappa shape index (κ1) is 82.7. The molecule has 0 aromatic carbocycles. The molecule has 0 bridgehead atoms. The Morgan fingerprint density at radius 3 is 0.988 bits per heavy atom. The largest absolute Gasteiger partial charge is 0.472 e. The van der Waals surface area contributed by atoms with Gasteiger partial charge in [0.05, 0.1) is 27.7 Å². The van der Waals surface area contributed by atoms with Crippen LogP contribution in [0.3, 0.4) is 0 Å². The van der Waals surface area contributed by atoms with Crippen LogP contribution in [-0.2, 0) is 32.7 Å². The van der Waals surface area contributed by atoms with Crippen LogP contribution in [0.5, 0.6) is 0 Å². The molecule has 2 atom stereocenters. The molecular formula is C76H135NO8P+. The Kier molecular flexibility index (Phi) is 63.5. The number of likely N-dealkylation sites (N-methyl/N-ethyl adjacent to an activating group) is 1. The zero-order valence-corrected chi connectivity index (χ0v) is 57.4. The lowest BCUT2D eigenvalue weighted by Crippen LogP contribution is -2.37. The van der Waals surface area contributed by atoms with Crippen molar-refractivity contribution in [2.75, 3.05) is 47.5 Å². The van der Waals surface area contributed by atoms with Crippen LogP contribution in [0.15, 0.2) is 109 Å². The van der Waals surface area contributed by atoms with E-state index in [1.165, 1.54) is 186 Å². The second-order valence-electron chi connectivity index (χ2n) is 24.9. The van der Waals surface area contributed by atoms with Crippen LogP contribution >= 0.6 is 7.82 Å². The van der Waals surface area contributed by atoms with E-state index in [1.807, 2.05) is 21.1 Å². The number of carbonyl (C=O) groups is 2. The highest BCUT2D eigenvalue weighted by atomic mass is 31.2. The SMILES string of the molecule is CC/C=C\C/C=C\C/C=C\C/C=C\C/C=C\C/C=C\C/C=C\CCCCCCCCCCCCCCCC(=O)OC(COC(=O)CCCCCCCCCCCCCCCCC/C=C\C/C=C\CCCCCCC)COP(=O)(O)OCC[N+](C)(C)C. The quantitative estimate of drug-likeness (QED) is 0.0211. The molecule has 0 aliphatic rings. The molecule has 0 radical (unpaired) electrons. The van der Waals surface area contributed by atoms with Crippen LogP contribution in [-0.4, -0.2) is 74.9 Å². The maximum absolute atomic E-state index is 12.9. The molecule has 0 amide bonds. The minimum absolute atomic E-state index is 0.0285. The van der Waals surface area contributed by atoms with Gasteiger partial charge in [0.25, 0.3) is 0 Å². The summed E-state index contributed by atoms with van der Waals surface area (Å²) in [6.45, 7) is 4.34. The Labute approximate surface area is 531 Å². The van der Waals surface area contributed by atoms with Gasteiger partial charge in [0.1, 0.15) is 19.8 Å². The Morgan fingerprint density at radius 2 is 0.663 bits per heavy atom. The number of phosphoric acid groups is 1. The molecular weight excluding hydrogens is 1090 g/mol. The van der Waals surface area contributed by atoms with Crippen molar-refractivity contribution in [1.82, 2.24) is 0 Å². The zero-order valence-electron chi connectivity index (χ0n) is 56.5. The summed E-state index contributed by atoms with van der Waals surface area (Å²) in [5.41, 5.74) is 0. The van der Waals surface area contributed by atoms with Crippen LogP contribution < -0.4 is 0 Å². The minimum Gasteiger partial charge on any atom is -0.462 e. The van der Waals surface area contributed by atoms with E-state index in [0.29, 0.717) is 17.4 Å². The lowest BCUT2D eigenvalue weighted by molar-refractivity contribution is -0.870. The average molecular weight is 1220 g/mol. The van der Waals surface area contributed by atoms with Crippen LogP contribution in [0.25, 0.3) is 0 Å². The topological polar surface area (TPSA) is 108 Å². The van der Waals surface area contributed by atoms with Crippen molar-refractivity contribution in [3.05, 3.63) is 109 Å². The predicted octanol–water partition coefficient (Wildman–Crippen LogP) is 23.3. The van der Waals surface area contributed by atoms with E-state index >= 15 is 0 Å². The lowest BCUT2D eigenvalue weighted by Gasteiger charge is -2.24. The van der Waals surface area contributed by atoms with Gasteiger partial charge >= 0.3 is 19.8 Å². The summed E-state index contributed by atoms with van der Waals surface area (Å²) in [6.07, 6.45) is 93.3. The van der Waals surface area contributed by atoms with Crippen molar-refractivity contribution in [2.45, 2.75) is 315 Å². The molecule has 0 heterocycles. The lowest BCUT2D eigenvalue weighted by atomic mass is 10.0. The highest BCUT2D eigenvalue weighted by Gasteiger charge is 2.27. The van der Waals surface area contributed by atoms with Gasteiger partial charge in [-0.1, -0.05) is 303 Å². The van der Waals surface area contributed by atoms with Gasteiger partial charge in [-0.3, -0.25) is 18.6 Å². The molecule has 10 heteroatoms. The van der Waals surface area contributed by atoms with Gasteiger partial charge in [-0.25, -0.2) is 4.57 Å². The van der Waals surface area contributed by atoms with E-state index in [9.17, 15) is 19.0 Å². The number of hydrogen-bond donors (Lipinski definition) is 1. The Hall–Kier alpha value is -3.33. The molecule has 0 aromatic rings. The summed E-state index contributed by atoms with van der Waals surface area (Å²) in [7, 11) is 1.48. The predicted molar refractivity (Wildman–Crippen MR) is 371 cm³/mol. The molecule has 0 fully saturated rings. The normalized spacial score (nSPS) is 13.8. The summed E-state index contributed by atoms with van der Waals surface area (Å²) in [6, 6.07) is 0. The molecule has 0 saturated heterocycles. The Morgan fingerprint density at radius 1 is 0.372 bits per heavy atom. The van der Waals surface area contributed by atoms with E-state index in [2.05, 4.69) is 123 Å². The van der Waals surface area contributed by atoms with E-state index in [0.717, 1.165) is 89.9 Å². The number of esters is 2. The number of allylic oxidation sites excluding steroid dienone is 18. The molecule has 0 spiro atoms. The summed E-state index contributed by atoms with van der Waals surface area (Å²) >= 11 is 0. The fourth-order valence-corrected chi connectivity index (χ4v) is 10.6. The van der Waals surface area contributed by atoms with Crippen molar-refractivity contribution in [3.8, 4) is 0 Å². The van der Waals surface area contributed by atoms with Gasteiger partial charge in [-0.05, 0) is 103 Å². The highest BCUT2D eigenvalue weighted by Crippen LogP contribution is 2.43. The highest BCUT2D eigenvalue weighted by molar-refractivity contribution is 7.47. The molecule has 9 nitrogen and oxygen atoms in total. The van der Waals surface area contributed by atoms with E-state index in [4.69, 9.17) is 18.5 Å². The zero-order chi connectivity index (χ0) is 62.6. The summed E-state index contributed by atoms with van der Waals surface area (Å²) < 4.78 is 34.7. The van der Waals surface area contributed by atoms with Crippen molar-refractivity contribution in [1.29, 1.82) is 0 Å². The third-order valence-electron chi connectivity index (χ3n) is 15.3.